The van der Waals surface area contributed by atoms with Gasteiger partial charge in [-0.25, -0.2) is 14.8 Å². The second-order valence-corrected chi connectivity index (χ2v) is 6.11. The molecule has 3 aromatic rings. The normalized spacial score (nSPS) is 10.1. The van der Waals surface area contributed by atoms with Crippen LogP contribution in [0.1, 0.15) is 20.7 Å². The van der Waals surface area contributed by atoms with Gasteiger partial charge in [0.25, 0.3) is 5.91 Å². The lowest BCUT2D eigenvalue weighted by atomic mass is 10.2. The van der Waals surface area contributed by atoms with E-state index in [1.165, 1.54) is 13.4 Å². The van der Waals surface area contributed by atoms with Crippen LogP contribution in [0.4, 0.5) is 23.0 Å². The summed E-state index contributed by atoms with van der Waals surface area (Å²) < 4.78 is 4.77. The molecule has 1 aromatic heterocycles. The first-order valence-electron chi connectivity index (χ1n) is 8.37. The fourth-order valence-electron chi connectivity index (χ4n) is 2.43. The number of halogens is 1. The first-order valence-corrected chi connectivity index (χ1v) is 8.74. The van der Waals surface area contributed by atoms with Gasteiger partial charge in [-0.2, -0.15) is 0 Å². The molecule has 0 aliphatic carbocycles. The zero-order valence-corrected chi connectivity index (χ0v) is 16.0. The van der Waals surface area contributed by atoms with Gasteiger partial charge in [-0.05, 0) is 24.3 Å². The molecular weight excluding hydrogens is 396 g/mol. The topological polar surface area (TPSA) is 131 Å². The Hall–Kier alpha value is -3.85. The number of hydrogen-bond donors (Lipinski definition) is 4. The quantitative estimate of drug-likeness (QED) is 0.359. The van der Waals surface area contributed by atoms with Crippen molar-refractivity contribution in [1.82, 2.24) is 15.4 Å². The van der Waals surface area contributed by atoms with E-state index in [0.717, 1.165) is 0 Å². The molecule has 148 valence electrons. The molecule has 0 aliphatic heterocycles. The molecule has 0 bridgehead atoms. The molecule has 29 heavy (non-hydrogen) atoms. The van der Waals surface area contributed by atoms with Crippen molar-refractivity contribution in [1.29, 1.82) is 0 Å². The minimum absolute atomic E-state index is 0.131. The third-order valence-electron chi connectivity index (χ3n) is 3.88. The first-order chi connectivity index (χ1) is 14.0. The molecule has 5 N–H and O–H groups in total. The lowest BCUT2D eigenvalue weighted by Crippen LogP contribution is -2.30. The molecule has 3 rings (SSSR count). The predicted octanol–water partition coefficient (Wildman–Crippen LogP) is 3.00. The Morgan fingerprint density at radius 3 is 2.38 bits per heavy atom. The number of hydrogen-bond acceptors (Lipinski definition) is 8. The lowest BCUT2D eigenvalue weighted by Gasteiger charge is -2.14. The molecule has 0 aliphatic rings. The number of carbonyl (C=O) groups excluding carboxylic acids is 2. The summed E-state index contributed by atoms with van der Waals surface area (Å²) in [5.74, 6) is -0.561. The van der Waals surface area contributed by atoms with Crippen LogP contribution in [0.3, 0.4) is 0 Å². The Morgan fingerprint density at radius 2 is 1.66 bits per heavy atom. The summed E-state index contributed by atoms with van der Waals surface area (Å²) in [6.07, 6.45) is 1.25. The van der Waals surface area contributed by atoms with Crippen LogP contribution in [0.15, 0.2) is 54.9 Å². The number of para-hydroxylation sites is 1. The number of esters is 1. The highest BCUT2D eigenvalue weighted by molar-refractivity contribution is 6.33. The van der Waals surface area contributed by atoms with Gasteiger partial charge in [0.15, 0.2) is 11.6 Å². The number of ether oxygens (including phenoxy) is 1. The van der Waals surface area contributed by atoms with E-state index >= 15 is 0 Å². The Morgan fingerprint density at radius 1 is 1.00 bits per heavy atom. The van der Waals surface area contributed by atoms with E-state index in [9.17, 15) is 9.59 Å². The van der Waals surface area contributed by atoms with Crippen molar-refractivity contribution >= 4 is 46.5 Å². The van der Waals surface area contributed by atoms with Gasteiger partial charge in [0.05, 0.1) is 28.9 Å². The maximum atomic E-state index is 12.3. The predicted molar refractivity (Wildman–Crippen MR) is 110 cm³/mol. The molecule has 0 spiro atoms. The summed E-state index contributed by atoms with van der Waals surface area (Å²) in [6, 6.07) is 13.3. The van der Waals surface area contributed by atoms with Crippen molar-refractivity contribution in [2.75, 3.05) is 23.6 Å². The lowest BCUT2D eigenvalue weighted by molar-refractivity contribution is 0.0601. The standard InChI is InChI=1S/C19H17ClN6O3/c1-29-19(28)12-7-3-5-9-14(12)24-16-15(21)17(23-10-22-16)25-26-18(27)11-6-2-4-8-13(11)20/h2-10H,21H2,1H3,(H,26,27)(H2,22,23,24,25). The van der Waals surface area contributed by atoms with Crippen LogP contribution in [0.5, 0.6) is 0 Å². The molecule has 9 nitrogen and oxygen atoms in total. The van der Waals surface area contributed by atoms with Crippen LogP contribution in [0.2, 0.25) is 5.02 Å². The molecule has 1 heterocycles. The summed E-state index contributed by atoms with van der Waals surface area (Å²) in [6.45, 7) is 0. The number of carbonyl (C=O) groups is 2. The monoisotopic (exact) mass is 412 g/mol. The smallest absolute Gasteiger partial charge is 0.339 e. The zero-order valence-electron chi connectivity index (χ0n) is 15.3. The maximum Gasteiger partial charge on any atom is 0.339 e. The van der Waals surface area contributed by atoms with Crippen molar-refractivity contribution in [2.45, 2.75) is 0 Å². The highest BCUT2D eigenvalue weighted by Crippen LogP contribution is 2.27. The van der Waals surface area contributed by atoms with Crippen LogP contribution in [-0.2, 0) is 4.74 Å². The molecular formula is C19H17ClN6O3. The van der Waals surface area contributed by atoms with E-state index in [0.29, 0.717) is 21.8 Å². The number of hydrazine groups is 1. The van der Waals surface area contributed by atoms with E-state index in [4.69, 9.17) is 22.1 Å². The van der Waals surface area contributed by atoms with Crippen molar-refractivity contribution in [2.24, 2.45) is 0 Å². The molecule has 1 amide bonds. The zero-order chi connectivity index (χ0) is 20.8. The molecule has 0 atom stereocenters. The van der Waals surface area contributed by atoms with Gasteiger partial charge in [-0.15, -0.1) is 0 Å². The van der Waals surface area contributed by atoms with Crippen LogP contribution < -0.4 is 21.9 Å². The SMILES string of the molecule is COC(=O)c1ccccc1Nc1ncnc(NNC(=O)c2ccccc2Cl)c1N. The van der Waals surface area contributed by atoms with Crippen molar-refractivity contribution in [3.8, 4) is 0 Å². The minimum atomic E-state index is -0.508. The number of rotatable bonds is 6. The number of nitrogens with two attached hydrogens (primary N) is 1. The third-order valence-corrected chi connectivity index (χ3v) is 4.21. The number of benzene rings is 2. The van der Waals surface area contributed by atoms with Crippen LogP contribution in [0.25, 0.3) is 0 Å². The summed E-state index contributed by atoms with van der Waals surface area (Å²) in [7, 11) is 1.29. The van der Waals surface area contributed by atoms with Gasteiger partial charge < -0.3 is 15.8 Å². The van der Waals surface area contributed by atoms with E-state index in [1.807, 2.05) is 0 Å². The van der Waals surface area contributed by atoms with Gasteiger partial charge in [-0.1, -0.05) is 35.9 Å². The van der Waals surface area contributed by atoms with Crippen LogP contribution in [-0.4, -0.2) is 29.0 Å². The summed E-state index contributed by atoms with van der Waals surface area (Å²) in [5.41, 5.74) is 12.4. The molecule has 0 radical (unpaired) electrons. The van der Waals surface area contributed by atoms with Crippen LogP contribution in [0, 0.1) is 0 Å². The van der Waals surface area contributed by atoms with E-state index in [2.05, 4.69) is 26.1 Å². The van der Waals surface area contributed by atoms with Crippen LogP contribution >= 0.6 is 11.6 Å². The average molecular weight is 413 g/mol. The number of aromatic nitrogens is 2. The number of anilines is 4. The molecule has 0 saturated heterocycles. The minimum Gasteiger partial charge on any atom is -0.465 e. The molecule has 0 fully saturated rings. The Labute approximate surface area is 171 Å². The second-order valence-electron chi connectivity index (χ2n) is 5.71. The van der Waals surface area contributed by atoms with Crippen molar-refractivity contribution in [3.05, 3.63) is 71.0 Å². The number of nitrogens with one attached hydrogen (secondary N) is 3. The molecule has 2 aromatic carbocycles. The fraction of sp³-hybridized carbons (Fsp3) is 0.0526. The Balaban J connectivity index is 1.78. The highest BCUT2D eigenvalue weighted by Gasteiger charge is 2.15. The van der Waals surface area contributed by atoms with Gasteiger partial charge in [0, 0.05) is 0 Å². The van der Waals surface area contributed by atoms with Crippen molar-refractivity contribution < 1.29 is 14.3 Å². The van der Waals surface area contributed by atoms with E-state index in [-0.39, 0.29) is 17.3 Å². The summed E-state index contributed by atoms with van der Waals surface area (Å²) >= 11 is 6.01. The highest BCUT2D eigenvalue weighted by atomic mass is 35.5. The first kappa shape index (κ1) is 19.9. The van der Waals surface area contributed by atoms with E-state index in [1.54, 1.807) is 48.5 Å². The van der Waals surface area contributed by atoms with Crippen molar-refractivity contribution in [3.63, 3.8) is 0 Å². The maximum absolute atomic E-state index is 12.3. The van der Waals surface area contributed by atoms with Gasteiger partial charge in [0.2, 0.25) is 0 Å². The molecule has 0 saturated carbocycles. The number of methoxy groups -OCH3 is 1. The molecule has 0 unspecified atom stereocenters. The van der Waals surface area contributed by atoms with E-state index < -0.39 is 11.9 Å². The number of nitrogens with zero attached hydrogens (tertiary/aromatic N) is 2. The second kappa shape index (κ2) is 8.89. The summed E-state index contributed by atoms with van der Waals surface area (Å²) in [4.78, 5) is 32.3. The number of nitrogen functional groups attached to an aromatic ring is 1. The summed E-state index contributed by atoms with van der Waals surface area (Å²) in [5, 5.41) is 3.28. The Kier molecular flexibility index (Phi) is 6.10. The van der Waals surface area contributed by atoms with Gasteiger partial charge in [0.1, 0.15) is 12.0 Å². The van der Waals surface area contributed by atoms with Gasteiger partial charge >= 0.3 is 5.97 Å². The third kappa shape index (κ3) is 4.53. The Bertz CT molecular complexity index is 1060. The fourth-order valence-corrected chi connectivity index (χ4v) is 2.65. The largest absolute Gasteiger partial charge is 0.465 e. The van der Waals surface area contributed by atoms with Gasteiger partial charge in [-0.3, -0.25) is 15.6 Å². The number of amides is 1. The average Bonchev–Trinajstić information content (AvgIpc) is 2.74. The molecule has 10 heteroatoms.